The molecule has 1 aliphatic heterocycles. The molecule has 0 aromatic heterocycles. The van der Waals surface area contributed by atoms with Gasteiger partial charge in [0.05, 0.1) is 6.61 Å². The van der Waals surface area contributed by atoms with Crippen LogP contribution >= 0.6 is 0 Å². The minimum atomic E-state index is 0.773. The Morgan fingerprint density at radius 2 is 2.36 bits per heavy atom. The Labute approximate surface area is 68.6 Å². The molecule has 1 aliphatic rings. The molecule has 11 heavy (non-hydrogen) atoms. The first kappa shape index (κ1) is 8.75. The Morgan fingerprint density at radius 3 is 3.18 bits per heavy atom. The summed E-state index contributed by atoms with van der Waals surface area (Å²) in [4.78, 5) is 0. The van der Waals surface area contributed by atoms with E-state index in [0.29, 0.717) is 0 Å². The maximum absolute atomic E-state index is 4.99. The largest absolute Gasteiger partial charge is 0.381 e. The lowest BCUT2D eigenvalue weighted by Crippen LogP contribution is -2.13. The second-order valence-electron chi connectivity index (χ2n) is 2.92. The second kappa shape index (κ2) is 5.33. The van der Waals surface area contributed by atoms with Crippen LogP contribution in [0.25, 0.3) is 0 Å². The van der Waals surface area contributed by atoms with E-state index in [1.807, 2.05) is 0 Å². The molecule has 0 radical (unpaired) electrons. The summed E-state index contributed by atoms with van der Waals surface area (Å²) in [5, 5.41) is 3.37. The van der Waals surface area contributed by atoms with Gasteiger partial charge in [-0.15, -0.1) is 0 Å². The SMILES string of the molecule is COC/C=C1\CCCNCC1. The van der Waals surface area contributed by atoms with Gasteiger partial charge in [-0.3, -0.25) is 0 Å². The standard InChI is InChI=1S/C9H17NO/c1-11-8-5-9-3-2-6-10-7-4-9/h5,10H,2-4,6-8H2,1H3/b9-5+. The molecule has 1 rings (SSSR count). The van der Waals surface area contributed by atoms with Crippen molar-refractivity contribution in [3.8, 4) is 0 Å². The molecule has 64 valence electrons. The van der Waals surface area contributed by atoms with Crippen LogP contribution in [-0.2, 0) is 4.74 Å². The molecule has 0 bridgehead atoms. The topological polar surface area (TPSA) is 21.3 Å². The van der Waals surface area contributed by atoms with Crippen LogP contribution in [0.4, 0.5) is 0 Å². The van der Waals surface area contributed by atoms with Crippen LogP contribution < -0.4 is 5.32 Å². The lowest BCUT2D eigenvalue weighted by molar-refractivity contribution is 0.233. The summed E-state index contributed by atoms with van der Waals surface area (Å²) in [5.74, 6) is 0. The minimum Gasteiger partial charge on any atom is -0.381 e. The van der Waals surface area contributed by atoms with Crippen LogP contribution in [0.3, 0.4) is 0 Å². The van der Waals surface area contributed by atoms with Gasteiger partial charge in [0.15, 0.2) is 0 Å². The highest BCUT2D eigenvalue weighted by molar-refractivity contribution is 5.03. The van der Waals surface area contributed by atoms with Crippen molar-refractivity contribution in [3.05, 3.63) is 11.6 Å². The van der Waals surface area contributed by atoms with E-state index in [0.717, 1.165) is 13.2 Å². The van der Waals surface area contributed by atoms with Crippen molar-refractivity contribution in [2.24, 2.45) is 0 Å². The molecule has 1 saturated heterocycles. The third-order valence-corrected chi connectivity index (χ3v) is 2.01. The quantitative estimate of drug-likeness (QED) is 0.607. The molecule has 0 amide bonds. The van der Waals surface area contributed by atoms with Crippen molar-refractivity contribution in [3.63, 3.8) is 0 Å². The fourth-order valence-electron chi connectivity index (χ4n) is 1.34. The van der Waals surface area contributed by atoms with E-state index < -0.39 is 0 Å². The molecule has 0 aromatic rings. The maximum atomic E-state index is 4.99. The summed E-state index contributed by atoms with van der Waals surface area (Å²) in [7, 11) is 1.74. The zero-order valence-corrected chi connectivity index (χ0v) is 7.23. The fourth-order valence-corrected chi connectivity index (χ4v) is 1.34. The van der Waals surface area contributed by atoms with E-state index in [2.05, 4.69) is 11.4 Å². The van der Waals surface area contributed by atoms with Crippen molar-refractivity contribution < 1.29 is 4.74 Å². The number of hydrogen-bond acceptors (Lipinski definition) is 2. The molecular formula is C9H17NO. The van der Waals surface area contributed by atoms with Crippen LogP contribution in [0.2, 0.25) is 0 Å². The first-order valence-electron chi connectivity index (χ1n) is 4.31. The van der Waals surface area contributed by atoms with Crippen molar-refractivity contribution in [1.82, 2.24) is 5.32 Å². The molecule has 1 N–H and O–H groups in total. The van der Waals surface area contributed by atoms with E-state index in [4.69, 9.17) is 4.74 Å². The molecule has 2 nitrogen and oxygen atoms in total. The zero-order chi connectivity index (χ0) is 7.94. The van der Waals surface area contributed by atoms with Crippen molar-refractivity contribution in [2.75, 3.05) is 26.8 Å². The highest BCUT2D eigenvalue weighted by atomic mass is 16.5. The molecule has 0 atom stereocenters. The Bertz CT molecular complexity index is 122. The monoisotopic (exact) mass is 155 g/mol. The number of rotatable bonds is 2. The Balaban J connectivity index is 2.29. The predicted molar refractivity (Wildman–Crippen MR) is 46.7 cm³/mol. The van der Waals surface area contributed by atoms with Crippen LogP contribution in [0.15, 0.2) is 11.6 Å². The van der Waals surface area contributed by atoms with Crippen molar-refractivity contribution >= 4 is 0 Å². The van der Waals surface area contributed by atoms with Gasteiger partial charge in [0.1, 0.15) is 0 Å². The van der Waals surface area contributed by atoms with Gasteiger partial charge in [-0.05, 0) is 32.4 Å². The van der Waals surface area contributed by atoms with Gasteiger partial charge >= 0.3 is 0 Å². The first-order valence-corrected chi connectivity index (χ1v) is 4.31. The molecule has 0 saturated carbocycles. The van der Waals surface area contributed by atoms with Crippen LogP contribution in [0.1, 0.15) is 19.3 Å². The number of nitrogens with one attached hydrogen (secondary N) is 1. The Hall–Kier alpha value is -0.340. The summed E-state index contributed by atoms with van der Waals surface area (Å²) < 4.78 is 4.99. The second-order valence-corrected chi connectivity index (χ2v) is 2.92. The summed E-state index contributed by atoms with van der Waals surface area (Å²) in [6.45, 7) is 3.08. The average Bonchev–Trinajstić information content (AvgIpc) is 2.28. The van der Waals surface area contributed by atoms with E-state index >= 15 is 0 Å². The molecule has 0 aromatic carbocycles. The maximum Gasteiger partial charge on any atom is 0.0646 e. The third kappa shape index (κ3) is 3.54. The normalized spacial score (nSPS) is 23.5. The van der Waals surface area contributed by atoms with E-state index in [9.17, 15) is 0 Å². The minimum absolute atomic E-state index is 0.773. The van der Waals surface area contributed by atoms with Gasteiger partial charge < -0.3 is 10.1 Å². The van der Waals surface area contributed by atoms with Gasteiger partial charge in [0.25, 0.3) is 0 Å². The van der Waals surface area contributed by atoms with Gasteiger partial charge in [-0.2, -0.15) is 0 Å². The molecule has 2 heteroatoms. The van der Waals surface area contributed by atoms with Gasteiger partial charge in [0, 0.05) is 7.11 Å². The molecule has 0 spiro atoms. The van der Waals surface area contributed by atoms with Gasteiger partial charge in [0.2, 0.25) is 0 Å². The van der Waals surface area contributed by atoms with E-state index in [1.165, 1.54) is 25.8 Å². The van der Waals surface area contributed by atoms with E-state index in [1.54, 1.807) is 12.7 Å². The predicted octanol–water partition coefficient (Wildman–Crippen LogP) is 1.33. The molecule has 0 aliphatic carbocycles. The molecule has 0 unspecified atom stereocenters. The lowest BCUT2D eigenvalue weighted by Gasteiger charge is -2.00. The highest BCUT2D eigenvalue weighted by Crippen LogP contribution is 2.11. The van der Waals surface area contributed by atoms with Crippen LogP contribution in [0.5, 0.6) is 0 Å². The van der Waals surface area contributed by atoms with Gasteiger partial charge in [-0.1, -0.05) is 11.6 Å². The smallest absolute Gasteiger partial charge is 0.0646 e. The van der Waals surface area contributed by atoms with Crippen LogP contribution in [0, 0.1) is 0 Å². The molecule has 1 fully saturated rings. The molecule has 1 heterocycles. The Morgan fingerprint density at radius 1 is 1.45 bits per heavy atom. The first-order chi connectivity index (χ1) is 5.43. The van der Waals surface area contributed by atoms with Crippen molar-refractivity contribution in [2.45, 2.75) is 19.3 Å². The van der Waals surface area contributed by atoms with E-state index in [-0.39, 0.29) is 0 Å². The average molecular weight is 155 g/mol. The lowest BCUT2D eigenvalue weighted by atomic mass is 10.1. The summed E-state index contributed by atoms with van der Waals surface area (Å²) in [5.41, 5.74) is 1.55. The van der Waals surface area contributed by atoms with Crippen molar-refractivity contribution in [1.29, 1.82) is 0 Å². The number of methoxy groups -OCH3 is 1. The number of hydrogen-bond donors (Lipinski definition) is 1. The highest BCUT2D eigenvalue weighted by Gasteiger charge is 2.01. The number of ether oxygens (including phenoxy) is 1. The molecular weight excluding hydrogens is 138 g/mol. The summed E-state index contributed by atoms with van der Waals surface area (Å²) in [6, 6.07) is 0. The fraction of sp³-hybridized carbons (Fsp3) is 0.778. The zero-order valence-electron chi connectivity index (χ0n) is 7.23. The van der Waals surface area contributed by atoms with Gasteiger partial charge in [-0.25, -0.2) is 0 Å². The third-order valence-electron chi connectivity index (χ3n) is 2.01. The summed E-state index contributed by atoms with van der Waals surface area (Å²) in [6.07, 6.45) is 5.93. The van der Waals surface area contributed by atoms with Crippen LogP contribution in [-0.4, -0.2) is 26.8 Å². The Kier molecular flexibility index (Phi) is 4.24. The summed E-state index contributed by atoms with van der Waals surface area (Å²) >= 11 is 0.